The molecule has 5 nitrogen and oxygen atoms in total. The molecule has 0 radical (unpaired) electrons. The van der Waals surface area contributed by atoms with Crippen molar-refractivity contribution in [2.75, 3.05) is 50.0 Å². The van der Waals surface area contributed by atoms with Gasteiger partial charge in [0.05, 0.1) is 0 Å². The van der Waals surface area contributed by atoms with Crippen LogP contribution in [0.5, 0.6) is 0 Å². The third kappa shape index (κ3) is 3.96. The molecule has 1 aromatic heterocycles. The predicted octanol–water partition coefficient (Wildman–Crippen LogP) is 2.07. The van der Waals surface area contributed by atoms with Crippen LogP contribution < -0.4 is 10.2 Å². The van der Waals surface area contributed by atoms with E-state index in [9.17, 15) is 13.2 Å². The lowest BCUT2D eigenvalue weighted by molar-refractivity contribution is -0.141. The van der Waals surface area contributed by atoms with Gasteiger partial charge in [0, 0.05) is 39.3 Å². The van der Waals surface area contributed by atoms with Crippen molar-refractivity contribution in [3.63, 3.8) is 0 Å². The van der Waals surface area contributed by atoms with E-state index in [1.54, 1.807) is 0 Å². The first-order chi connectivity index (χ1) is 9.94. The van der Waals surface area contributed by atoms with Crippen LogP contribution in [-0.2, 0) is 6.18 Å². The second kappa shape index (κ2) is 6.46. The zero-order chi connectivity index (χ0) is 15.5. The molecule has 1 aromatic rings. The Balaban J connectivity index is 2.16. The molecule has 8 heteroatoms. The SMILES string of the molecule is CCCN1CCN(c2cc(C(F)(F)F)nc(NC)n2)CC1. The van der Waals surface area contributed by atoms with Crippen LogP contribution in [-0.4, -0.2) is 54.6 Å². The monoisotopic (exact) mass is 303 g/mol. The number of anilines is 2. The molecule has 1 saturated heterocycles. The number of aromatic nitrogens is 2. The summed E-state index contributed by atoms with van der Waals surface area (Å²) in [6.45, 7) is 6.18. The van der Waals surface area contributed by atoms with Gasteiger partial charge in [0.2, 0.25) is 5.95 Å². The zero-order valence-corrected chi connectivity index (χ0v) is 12.2. The van der Waals surface area contributed by atoms with Crippen molar-refractivity contribution in [1.29, 1.82) is 0 Å². The van der Waals surface area contributed by atoms with E-state index in [0.29, 0.717) is 18.9 Å². The van der Waals surface area contributed by atoms with Gasteiger partial charge in [0.25, 0.3) is 0 Å². The van der Waals surface area contributed by atoms with Crippen LogP contribution in [0, 0.1) is 0 Å². The molecule has 0 bridgehead atoms. The first-order valence-corrected chi connectivity index (χ1v) is 7.05. The minimum absolute atomic E-state index is 0.00388. The van der Waals surface area contributed by atoms with Gasteiger partial charge in [0.1, 0.15) is 5.82 Å². The molecular formula is C13H20F3N5. The number of nitrogens with one attached hydrogen (secondary N) is 1. The molecule has 0 aromatic carbocycles. The fraction of sp³-hybridized carbons (Fsp3) is 0.692. The average Bonchev–Trinajstić information content (AvgIpc) is 2.47. The van der Waals surface area contributed by atoms with E-state index in [1.165, 1.54) is 7.05 Å². The van der Waals surface area contributed by atoms with Crippen LogP contribution in [0.15, 0.2) is 6.07 Å². The molecule has 2 heterocycles. The van der Waals surface area contributed by atoms with Gasteiger partial charge in [-0.05, 0) is 13.0 Å². The second-order valence-electron chi connectivity index (χ2n) is 5.01. The van der Waals surface area contributed by atoms with E-state index in [0.717, 1.165) is 32.1 Å². The number of alkyl halides is 3. The quantitative estimate of drug-likeness (QED) is 0.922. The zero-order valence-electron chi connectivity index (χ0n) is 12.2. The molecule has 0 amide bonds. The third-order valence-electron chi connectivity index (χ3n) is 3.46. The molecule has 0 atom stereocenters. The molecule has 0 unspecified atom stereocenters. The predicted molar refractivity (Wildman–Crippen MR) is 75.5 cm³/mol. The van der Waals surface area contributed by atoms with Crippen molar-refractivity contribution < 1.29 is 13.2 Å². The molecule has 1 N–H and O–H groups in total. The van der Waals surface area contributed by atoms with Gasteiger partial charge in [-0.15, -0.1) is 0 Å². The maximum absolute atomic E-state index is 12.9. The van der Waals surface area contributed by atoms with Crippen LogP contribution in [0.2, 0.25) is 0 Å². The van der Waals surface area contributed by atoms with Crippen molar-refractivity contribution in [1.82, 2.24) is 14.9 Å². The number of hydrogen-bond acceptors (Lipinski definition) is 5. The van der Waals surface area contributed by atoms with Crippen molar-refractivity contribution in [3.05, 3.63) is 11.8 Å². The van der Waals surface area contributed by atoms with E-state index in [1.807, 2.05) is 4.90 Å². The van der Waals surface area contributed by atoms with E-state index >= 15 is 0 Å². The maximum Gasteiger partial charge on any atom is 0.433 e. The van der Waals surface area contributed by atoms with Crippen LogP contribution in [0.25, 0.3) is 0 Å². The number of piperazine rings is 1. The Morgan fingerprint density at radius 2 is 1.86 bits per heavy atom. The first-order valence-electron chi connectivity index (χ1n) is 7.05. The molecule has 1 aliphatic rings. The number of halogens is 3. The van der Waals surface area contributed by atoms with Gasteiger partial charge in [-0.3, -0.25) is 4.90 Å². The molecular weight excluding hydrogens is 283 g/mol. The van der Waals surface area contributed by atoms with Crippen LogP contribution in [0.4, 0.5) is 24.9 Å². The molecule has 1 aliphatic heterocycles. The summed E-state index contributed by atoms with van der Waals surface area (Å²) < 4.78 is 38.6. The highest BCUT2D eigenvalue weighted by Crippen LogP contribution is 2.30. The highest BCUT2D eigenvalue weighted by atomic mass is 19.4. The summed E-state index contributed by atoms with van der Waals surface area (Å²) in [6.07, 6.45) is -3.39. The molecule has 2 rings (SSSR count). The van der Waals surface area contributed by atoms with Gasteiger partial charge in [-0.1, -0.05) is 6.92 Å². The fourth-order valence-electron chi connectivity index (χ4n) is 2.37. The summed E-state index contributed by atoms with van der Waals surface area (Å²) in [4.78, 5) is 11.8. The first kappa shape index (κ1) is 15.8. The Morgan fingerprint density at radius 3 is 2.38 bits per heavy atom. The molecule has 118 valence electrons. The smallest absolute Gasteiger partial charge is 0.357 e. The van der Waals surface area contributed by atoms with Crippen molar-refractivity contribution in [3.8, 4) is 0 Å². The lowest BCUT2D eigenvalue weighted by Gasteiger charge is -2.35. The minimum atomic E-state index is -4.46. The molecule has 0 aliphatic carbocycles. The summed E-state index contributed by atoms with van der Waals surface area (Å²) in [5.74, 6) is 0.327. The van der Waals surface area contributed by atoms with Crippen LogP contribution in [0.3, 0.4) is 0 Å². The summed E-state index contributed by atoms with van der Waals surface area (Å²) in [5.41, 5.74) is -0.909. The summed E-state index contributed by atoms with van der Waals surface area (Å²) in [5, 5.41) is 2.59. The molecule has 21 heavy (non-hydrogen) atoms. The Labute approximate surface area is 122 Å². The van der Waals surface area contributed by atoms with E-state index < -0.39 is 11.9 Å². The Morgan fingerprint density at radius 1 is 1.19 bits per heavy atom. The van der Waals surface area contributed by atoms with Gasteiger partial charge < -0.3 is 10.2 Å². The average molecular weight is 303 g/mol. The number of nitrogens with zero attached hydrogens (tertiary/aromatic N) is 4. The van der Waals surface area contributed by atoms with Crippen molar-refractivity contribution >= 4 is 11.8 Å². The minimum Gasteiger partial charge on any atom is -0.357 e. The third-order valence-corrected chi connectivity index (χ3v) is 3.46. The summed E-state index contributed by atoms with van der Waals surface area (Å²) in [6, 6.07) is 1.02. The highest BCUT2D eigenvalue weighted by molar-refractivity contribution is 5.45. The standard InChI is InChI=1S/C13H20F3N5/c1-3-4-20-5-7-21(8-6-20)11-9-10(13(14,15)16)18-12(17-2)19-11/h9H,3-8H2,1-2H3,(H,17,18,19). The fourth-order valence-corrected chi connectivity index (χ4v) is 2.37. The van der Waals surface area contributed by atoms with Gasteiger partial charge in [-0.25, -0.2) is 4.98 Å². The molecule has 1 fully saturated rings. The number of rotatable bonds is 4. The molecule has 0 saturated carbocycles. The Kier molecular flexibility index (Phi) is 4.87. The maximum atomic E-state index is 12.9. The second-order valence-corrected chi connectivity index (χ2v) is 5.01. The normalized spacial score (nSPS) is 17.1. The topological polar surface area (TPSA) is 44.3 Å². The Bertz CT molecular complexity index is 469. The largest absolute Gasteiger partial charge is 0.433 e. The Hall–Kier alpha value is -1.57. The summed E-state index contributed by atoms with van der Waals surface area (Å²) >= 11 is 0. The van der Waals surface area contributed by atoms with E-state index in [2.05, 4.69) is 27.1 Å². The lowest BCUT2D eigenvalue weighted by atomic mass is 10.2. The van der Waals surface area contributed by atoms with Crippen molar-refractivity contribution in [2.45, 2.75) is 19.5 Å². The van der Waals surface area contributed by atoms with Crippen LogP contribution >= 0.6 is 0 Å². The van der Waals surface area contributed by atoms with Gasteiger partial charge >= 0.3 is 6.18 Å². The van der Waals surface area contributed by atoms with Crippen molar-refractivity contribution in [2.24, 2.45) is 0 Å². The number of hydrogen-bond donors (Lipinski definition) is 1. The van der Waals surface area contributed by atoms with Gasteiger partial charge in [-0.2, -0.15) is 18.2 Å². The van der Waals surface area contributed by atoms with Crippen LogP contribution in [0.1, 0.15) is 19.0 Å². The highest BCUT2D eigenvalue weighted by Gasteiger charge is 2.34. The molecule has 0 spiro atoms. The lowest BCUT2D eigenvalue weighted by Crippen LogP contribution is -2.47. The van der Waals surface area contributed by atoms with E-state index in [4.69, 9.17) is 0 Å². The van der Waals surface area contributed by atoms with E-state index in [-0.39, 0.29) is 5.95 Å². The van der Waals surface area contributed by atoms with Gasteiger partial charge in [0.15, 0.2) is 5.69 Å². The summed E-state index contributed by atoms with van der Waals surface area (Å²) in [7, 11) is 1.51.